The van der Waals surface area contributed by atoms with Crippen LogP contribution in [0.15, 0.2) is 16.3 Å². The Balaban J connectivity index is 0.00000242. The van der Waals surface area contributed by atoms with E-state index in [0.29, 0.717) is 36.8 Å². The van der Waals surface area contributed by atoms with Gasteiger partial charge in [-0.3, -0.25) is 4.79 Å². The van der Waals surface area contributed by atoms with Crippen molar-refractivity contribution < 1.29 is 13.2 Å². The summed E-state index contributed by atoms with van der Waals surface area (Å²) in [6, 6.07) is 3.66. The van der Waals surface area contributed by atoms with Crippen LogP contribution in [-0.4, -0.2) is 50.9 Å². The van der Waals surface area contributed by atoms with E-state index in [1.165, 1.54) is 22.6 Å². The zero-order chi connectivity index (χ0) is 15.5. The van der Waals surface area contributed by atoms with Gasteiger partial charge in [0.15, 0.2) is 0 Å². The van der Waals surface area contributed by atoms with Gasteiger partial charge in [0.1, 0.15) is 4.21 Å². The summed E-state index contributed by atoms with van der Waals surface area (Å²) in [5.74, 6) is -0.0748. The van der Waals surface area contributed by atoms with Crippen molar-refractivity contribution in [2.45, 2.75) is 30.5 Å². The number of nitrogens with zero attached hydrogens (tertiary/aromatic N) is 1. The third-order valence-corrected chi connectivity index (χ3v) is 6.79. The molecule has 0 aromatic carbocycles. The smallest absolute Gasteiger partial charge is 0.252 e. The lowest BCUT2D eigenvalue weighted by molar-refractivity contribution is -0.118. The highest BCUT2D eigenvalue weighted by Gasteiger charge is 2.29. The fourth-order valence-corrected chi connectivity index (χ4v) is 5.27. The van der Waals surface area contributed by atoms with Crippen LogP contribution in [0.1, 0.15) is 18.7 Å². The number of halogens is 1. The van der Waals surface area contributed by atoms with Crippen LogP contribution in [0.3, 0.4) is 0 Å². The number of nitrogens with one attached hydrogen (secondary N) is 2. The molecule has 1 aliphatic rings. The van der Waals surface area contributed by atoms with E-state index in [-0.39, 0.29) is 24.4 Å². The van der Waals surface area contributed by atoms with Crippen LogP contribution in [0, 0.1) is 0 Å². The second-order valence-electron chi connectivity index (χ2n) is 5.17. The molecule has 126 valence electrons. The number of rotatable bonds is 5. The standard InChI is InChI=1S/C13H21N3O3S2.ClH/c1-10-9-16(8-7-14-10)21(18,19)13-4-3-12(20-13)5-6-15-11(2)17;/h3-4,10,14H,5-9H2,1-2H3,(H,15,17);1H. The lowest BCUT2D eigenvalue weighted by atomic mass is 10.3. The van der Waals surface area contributed by atoms with E-state index in [4.69, 9.17) is 0 Å². The molecule has 2 heterocycles. The molecule has 9 heteroatoms. The lowest BCUT2D eigenvalue weighted by Crippen LogP contribution is -2.51. The first-order chi connectivity index (χ1) is 9.89. The molecule has 1 fully saturated rings. The quantitative estimate of drug-likeness (QED) is 0.808. The third kappa shape index (κ3) is 4.92. The normalized spacial score (nSPS) is 19.5. The molecule has 2 rings (SSSR count). The van der Waals surface area contributed by atoms with Gasteiger partial charge in [-0.2, -0.15) is 4.31 Å². The van der Waals surface area contributed by atoms with Gasteiger partial charge in [0.25, 0.3) is 10.0 Å². The maximum Gasteiger partial charge on any atom is 0.252 e. The monoisotopic (exact) mass is 367 g/mol. The summed E-state index contributed by atoms with van der Waals surface area (Å²) < 4.78 is 27.1. The fourth-order valence-electron chi connectivity index (χ4n) is 2.24. The maximum absolute atomic E-state index is 12.6. The number of carbonyl (C=O) groups is 1. The average molecular weight is 368 g/mol. The first-order valence-corrected chi connectivity index (χ1v) is 9.22. The van der Waals surface area contributed by atoms with Gasteiger partial charge in [-0.1, -0.05) is 0 Å². The van der Waals surface area contributed by atoms with E-state index < -0.39 is 10.0 Å². The molecule has 0 spiro atoms. The number of thiophene rings is 1. The van der Waals surface area contributed by atoms with E-state index in [1.54, 1.807) is 6.07 Å². The minimum Gasteiger partial charge on any atom is -0.356 e. The van der Waals surface area contributed by atoms with Gasteiger partial charge in [0.05, 0.1) is 0 Å². The Kier molecular flexibility index (Phi) is 7.27. The highest BCUT2D eigenvalue weighted by atomic mass is 35.5. The Morgan fingerprint density at radius 3 is 2.86 bits per heavy atom. The van der Waals surface area contributed by atoms with Crippen molar-refractivity contribution in [3.8, 4) is 0 Å². The van der Waals surface area contributed by atoms with Gasteiger partial charge < -0.3 is 10.6 Å². The largest absolute Gasteiger partial charge is 0.356 e. The predicted molar refractivity (Wildman–Crippen MR) is 90.2 cm³/mol. The molecule has 0 radical (unpaired) electrons. The molecule has 0 bridgehead atoms. The van der Waals surface area contributed by atoms with Gasteiger partial charge in [0, 0.05) is 44.0 Å². The minimum absolute atomic E-state index is 0. The molecule has 0 aliphatic carbocycles. The third-order valence-electron chi connectivity index (χ3n) is 3.31. The highest BCUT2D eigenvalue weighted by molar-refractivity contribution is 7.91. The van der Waals surface area contributed by atoms with Crippen LogP contribution in [0.5, 0.6) is 0 Å². The Labute approximate surface area is 141 Å². The average Bonchev–Trinajstić information content (AvgIpc) is 2.88. The van der Waals surface area contributed by atoms with Crippen LogP contribution >= 0.6 is 23.7 Å². The molecule has 1 atom stereocenters. The molecule has 6 nitrogen and oxygen atoms in total. The second-order valence-corrected chi connectivity index (χ2v) is 8.51. The van der Waals surface area contributed by atoms with Gasteiger partial charge in [-0.15, -0.1) is 23.7 Å². The van der Waals surface area contributed by atoms with Gasteiger partial charge in [0.2, 0.25) is 5.91 Å². The molecule has 1 unspecified atom stereocenters. The van der Waals surface area contributed by atoms with Crippen LogP contribution < -0.4 is 10.6 Å². The van der Waals surface area contributed by atoms with E-state index in [9.17, 15) is 13.2 Å². The minimum atomic E-state index is -3.39. The topological polar surface area (TPSA) is 78.5 Å². The van der Waals surface area contributed by atoms with Crippen molar-refractivity contribution in [1.29, 1.82) is 0 Å². The first kappa shape index (κ1) is 19.4. The maximum atomic E-state index is 12.6. The zero-order valence-electron chi connectivity index (χ0n) is 12.7. The van der Waals surface area contributed by atoms with Crippen molar-refractivity contribution in [3.05, 3.63) is 17.0 Å². The zero-order valence-corrected chi connectivity index (χ0v) is 15.1. The molecule has 1 saturated heterocycles. The number of amides is 1. The second kappa shape index (κ2) is 8.26. The Morgan fingerprint density at radius 1 is 1.50 bits per heavy atom. The molecule has 1 aromatic rings. The predicted octanol–water partition coefficient (Wildman–Crippen LogP) is 0.831. The molecule has 1 amide bonds. The fraction of sp³-hybridized carbons (Fsp3) is 0.615. The van der Waals surface area contributed by atoms with Crippen LogP contribution in [0.2, 0.25) is 0 Å². The Morgan fingerprint density at radius 2 is 2.23 bits per heavy atom. The lowest BCUT2D eigenvalue weighted by Gasteiger charge is -2.30. The van der Waals surface area contributed by atoms with Crippen molar-refractivity contribution in [1.82, 2.24) is 14.9 Å². The summed E-state index contributed by atoms with van der Waals surface area (Å²) in [7, 11) is -3.39. The molecule has 22 heavy (non-hydrogen) atoms. The molecular formula is C13H22ClN3O3S2. The van der Waals surface area contributed by atoms with E-state index in [0.717, 1.165) is 4.88 Å². The van der Waals surface area contributed by atoms with E-state index in [2.05, 4.69) is 10.6 Å². The number of carbonyl (C=O) groups excluding carboxylic acids is 1. The summed E-state index contributed by atoms with van der Waals surface area (Å²) in [6.45, 7) is 5.67. The van der Waals surface area contributed by atoms with E-state index in [1.807, 2.05) is 13.0 Å². The molecular weight excluding hydrogens is 346 g/mol. The summed E-state index contributed by atoms with van der Waals surface area (Å²) >= 11 is 1.29. The van der Waals surface area contributed by atoms with E-state index >= 15 is 0 Å². The summed E-state index contributed by atoms with van der Waals surface area (Å²) in [5.41, 5.74) is 0. The number of piperazine rings is 1. The summed E-state index contributed by atoms with van der Waals surface area (Å²) in [6.07, 6.45) is 0.651. The van der Waals surface area contributed by atoms with Gasteiger partial charge in [-0.05, 0) is 25.5 Å². The van der Waals surface area contributed by atoms with Crippen molar-refractivity contribution in [2.24, 2.45) is 0 Å². The van der Waals surface area contributed by atoms with Crippen LogP contribution in [0.25, 0.3) is 0 Å². The van der Waals surface area contributed by atoms with Crippen LogP contribution in [-0.2, 0) is 21.2 Å². The summed E-state index contributed by atoms with van der Waals surface area (Å²) in [5, 5.41) is 5.95. The Hall–Kier alpha value is -0.670. The molecule has 2 N–H and O–H groups in total. The SMILES string of the molecule is CC(=O)NCCc1ccc(S(=O)(=O)N2CCNC(C)C2)s1.Cl. The van der Waals surface area contributed by atoms with Crippen molar-refractivity contribution in [2.75, 3.05) is 26.2 Å². The first-order valence-electron chi connectivity index (χ1n) is 6.96. The van der Waals surface area contributed by atoms with Gasteiger partial charge in [-0.25, -0.2) is 8.42 Å². The number of hydrogen-bond acceptors (Lipinski definition) is 5. The highest BCUT2D eigenvalue weighted by Crippen LogP contribution is 2.25. The van der Waals surface area contributed by atoms with Crippen LogP contribution in [0.4, 0.5) is 0 Å². The van der Waals surface area contributed by atoms with Gasteiger partial charge >= 0.3 is 0 Å². The number of hydrogen-bond donors (Lipinski definition) is 2. The molecule has 1 aromatic heterocycles. The Bertz CT molecular complexity index is 603. The summed E-state index contributed by atoms with van der Waals surface area (Å²) in [4.78, 5) is 11.8. The van der Waals surface area contributed by atoms with Crippen molar-refractivity contribution in [3.63, 3.8) is 0 Å². The van der Waals surface area contributed by atoms with Crippen molar-refractivity contribution >= 4 is 39.7 Å². The molecule has 0 saturated carbocycles. The molecule has 1 aliphatic heterocycles. The number of sulfonamides is 1.